The smallest absolute Gasteiger partial charge is 0.304 e. The third-order valence-electron chi connectivity index (χ3n) is 2.87. The number of halogens is 1. The van der Waals surface area contributed by atoms with Gasteiger partial charge in [0.05, 0.1) is 8.71 Å². The van der Waals surface area contributed by atoms with Crippen molar-refractivity contribution in [1.82, 2.24) is 4.90 Å². The van der Waals surface area contributed by atoms with Crippen LogP contribution in [0.5, 0.6) is 0 Å². The molecular weight excluding hydrogens is 358 g/mol. The standard InChI is InChI=1S/C13H12BrN3O3S/c1-16(6-8-5-11(14)21-7-8)13(18)9-3-2-4-10(15)12(9)17(19)20/h2-5,7H,6,15H2,1H3. The number of carbonyl (C=O) groups excluding carboxylic acids is 1. The van der Waals surface area contributed by atoms with Gasteiger partial charge in [-0.1, -0.05) is 6.07 Å². The van der Waals surface area contributed by atoms with Crippen LogP contribution in [0.25, 0.3) is 0 Å². The molecule has 8 heteroatoms. The van der Waals surface area contributed by atoms with Crippen molar-refractivity contribution in [2.24, 2.45) is 0 Å². The van der Waals surface area contributed by atoms with Gasteiger partial charge in [0, 0.05) is 13.6 Å². The van der Waals surface area contributed by atoms with Crippen LogP contribution >= 0.6 is 27.3 Å². The summed E-state index contributed by atoms with van der Waals surface area (Å²) >= 11 is 4.87. The van der Waals surface area contributed by atoms with Crippen molar-refractivity contribution in [2.45, 2.75) is 6.54 Å². The number of para-hydroxylation sites is 1. The van der Waals surface area contributed by atoms with Crippen LogP contribution in [-0.2, 0) is 6.54 Å². The van der Waals surface area contributed by atoms with Gasteiger partial charge in [0.2, 0.25) is 0 Å². The number of amides is 1. The summed E-state index contributed by atoms with van der Waals surface area (Å²) in [5, 5.41) is 13.0. The Labute approximate surface area is 133 Å². The van der Waals surface area contributed by atoms with E-state index in [4.69, 9.17) is 5.73 Å². The predicted octanol–water partition coefficient (Wildman–Crippen LogP) is 3.27. The van der Waals surface area contributed by atoms with Gasteiger partial charge in [-0.3, -0.25) is 14.9 Å². The normalized spacial score (nSPS) is 10.4. The molecular formula is C13H12BrN3O3S. The van der Waals surface area contributed by atoms with Gasteiger partial charge in [-0.25, -0.2) is 0 Å². The van der Waals surface area contributed by atoms with Crippen molar-refractivity contribution in [2.75, 3.05) is 12.8 Å². The first kappa shape index (κ1) is 15.5. The minimum atomic E-state index is -0.627. The van der Waals surface area contributed by atoms with Gasteiger partial charge in [0.1, 0.15) is 11.3 Å². The van der Waals surface area contributed by atoms with Crippen molar-refractivity contribution in [3.8, 4) is 0 Å². The Balaban J connectivity index is 2.27. The third-order valence-corrected chi connectivity index (χ3v) is 4.42. The van der Waals surface area contributed by atoms with Crippen LogP contribution in [0.3, 0.4) is 0 Å². The molecule has 1 heterocycles. The molecule has 0 aliphatic heterocycles. The zero-order valence-electron chi connectivity index (χ0n) is 11.1. The van der Waals surface area contributed by atoms with E-state index in [-0.39, 0.29) is 16.9 Å². The predicted molar refractivity (Wildman–Crippen MR) is 85.3 cm³/mol. The average Bonchev–Trinajstić information content (AvgIpc) is 2.82. The second-order valence-corrected chi connectivity index (χ2v) is 6.71. The van der Waals surface area contributed by atoms with E-state index in [2.05, 4.69) is 15.9 Å². The Kier molecular flexibility index (Phi) is 4.59. The number of anilines is 1. The van der Waals surface area contributed by atoms with E-state index in [1.54, 1.807) is 7.05 Å². The van der Waals surface area contributed by atoms with Gasteiger partial charge in [0.25, 0.3) is 5.91 Å². The van der Waals surface area contributed by atoms with E-state index in [1.165, 1.54) is 34.4 Å². The second kappa shape index (κ2) is 6.23. The monoisotopic (exact) mass is 369 g/mol. The quantitative estimate of drug-likeness (QED) is 0.508. The number of nitro benzene ring substituents is 1. The highest BCUT2D eigenvalue weighted by molar-refractivity contribution is 9.11. The molecule has 0 atom stereocenters. The van der Waals surface area contributed by atoms with Crippen molar-refractivity contribution in [1.29, 1.82) is 0 Å². The molecule has 0 bridgehead atoms. The summed E-state index contributed by atoms with van der Waals surface area (Å²) in [6, 6.07) is 6.26. The molecule has 1 amide bonds. The summed E-state index contributed by atoms with van der Waals surface area (Å²) in [6.07, 6.45) is 0. The van der Waals surface area contributed by atoms with Crippen LogP contribution in [-0.4, -0.2) is 22.8 Å². The molecule has 1 aromatic carbocycles. The number of nitrogens with zero attached hydrogens (tertiary/aromatic N) is 2. The van der Waals surface area contributed by atoms with Gasteiger partial charge in [0.15, 0.2) is 0 Å². The van der Waals surface area contributed by atoms with Crippen LogP contribution in [0.15, 0.2) is 33.4 Å². The number of thiophene rings is 1. The maximum Gasteiger partial charge on any atom is 0.304 e. The topological polar surface area (TPSA) is 89.5 Å². The molecule has 0 radical (unpaired) electrons. The van der Waals surface area contributed by atoms with Crippen molar-refractivity contribution in [3.05, 3.63) is 54.7 Å². The van der Waals surface area contributed by atoms with E-state index in [9.17, 15) is 14.9 Å². The van der Waals surface area contributed by atoms with Crippen molar-refractivity contribution < 1.29 is 9.72 Å². The highest BCUT2D eigenvalue weighted by atomic mass is 79.9. The maximum absolute atomic E-state index is 12.4. The summed E-state index contributed by atoms with van der Waals surface area (Å²) < 4.78 is 0.966. The zero-order valence-corrected chi connectivity index (χ0v) is 13.5. The molecule has 1 aromatic heterocycles. The minimum absolute atomic E-state index is 0.00297. The number of nitrogen functional groups attached to an aromatic ring is 1. The lowest BCUT2D eigenvalue weighted by Gasteiger charge is -2.16. The zero-order chi connectivity index (χ0) is 15.6. The van der Waals surface area contributed by atoms with E-state index in [0.29, 0.717) is 6.54 Å². The van der Waals surface area contributed by atoms with Crippen molar-refractivity contribution in [3.63, 3.8) is 0 Å². The first-order valence-electron chi connectivity index (χ1n) is 5.91. The number of nitrogens with two attached hydrogens (primary N) is 1. The van der Waals surface area contributed by atoms with Crippen LogP contribution in [0, 0.1) is 10.1 Å². The van der Waals surface area contributed by atoms with Gasteiger partial charge < -0.3 is 10.6 Å². The lowest BCUT2D eigenvalue weighted by Crippen LogP contribution is -2.26. The Hall–Kier alpha value is -1.93. The fraction of sp³-hybridized carbons (Fsp3) is 0.154. The van der Waals surface area contributed by atoms with E-state index in [1.807, 2.05) is 11.4 Å². The molecule has 0 fully saturated rings. The SMILES string of the molecule is CN(Cc1csc(Br)c1)C(=O)c1cccc(N)c1[N+](=O)[O-]. The van der Waals surface area contributed by atoms with Crippen LogP contribution < -0.4 is 5.73 Å². The molecule has 110 valence electrons. The maximum atomic E-state index is 12.4. The Morgan fingerprint density at radius 2 is 2.24 bits per heavy atom. The summed E-state index contributed by atoms with van der Waals surface area (Å²) in [4.78, 5) is 24.3. The lowest BCUT2D eigenvalue weighted by atomic mass is 10.1. The number of benzene rings is 1. The molecule has 0 saturated heterocycles. The first-order valence-corrected chi connectivity index (χ1v) is 7.58. The average molecular weight is 370 g/mol. The Morgan fingerprint density at radius 1 is 1.52 bits per heavy atom. The molecule has 0 aliphatic carbocycles. The lowest BCUT2D eigenvalue weighted by molar-refractivity contribution is -0.384. The number of hydrogen-bond donors (Lipinski definition) is 1. The van der Waals surface area contributed by atoms with Crippen LogP contribution in [0.4, 0.5) is 11.4 Å². The number of rotatable bonds is 4. The van der Waals surface area contributed by atoms with Crippen LogP contribution in [0.2, 0.25) is 0 Å². The molecule has 0 unspecified atom stereocenters. The number of hydrogen-bond acceptors (Lipinski definition) is 5. The Morgan fingerprint density at radius 3 is 2.81 bits per heavy atom. The molecule has 21 heavy (non-hydrogen) atoms. The van der Waals surface area contributed by atoms with E-state index in [0.717, 1.165) is 9.35 Å². The Bertz CT molecular complexity index is 702. The first-order chi connectivity index (χ1) is 9.90. The van der Waals surface area contributed by atoms with Gasteiger partial charge in [-0.05, 0) is 45.1 Å². The fourth-order valence-electron chi connectivity index (χ4n) is 1.92. The molecule has 6 nitrogen and oxygen atoms in total. The summed E-state index contributed by atoms with van der Waals surface area (Å²) in [6.45, 7) is 0.368. The molecule has 2 rings (SSSR count). The summed E-state index contributed by atoms with van der Waals surface area (Å²) in [5.74, 6) is -0.434. The summed E-state index contributed by atoms with van der Waals surface area (Å²) in [7, 11) is 1.60. The van der Waals surface area contributed by atoms with E-state index >= 15 is 0 Å². The van der Waals surface area contributed by atoms with Gasteiger partial charge in [-0.15, -0.1) is 11.3 Å². The highest BCUT2D eigenvalue weighted by Gasteiger charge is 2.25. The number of nitro groups is 1. The molecule has 2 N–H and O–H groups in total. The fourth-order valence-corrected chi connectivity index (χ4v) is 3.12. The number of carbonyl (C=O) groups is 1. The van der Waals surface area contributed by atoms with E-state index < -0.39 is 10.8 Å². The van der Waals surface area contributed by atoms with Crippen molar-refractivity contribution >= 4 is 44.5 Å². The molecule has 2 aromatic rings. The summed E-state index contributed by atoms with van der Waals surface area (Å²) in [5.41, 5.74) is 6.19. The highest BCUT2D eigenvalue weighted by Crippen LogP contribution is 2.27. The van der Waals surface area contributed by atoms with Gasteiger partial charge in [-0.2, -0.15) is 0 Å². The molecule has 0 aliphatic rings. The molecule has 0 spiro atoms. The van der Waals surface area contributed by atoms with Gasteiger partial charge >= 0.3 is 5.69 Å². The second-order valence-electron chi connectivity index (χ2n) is 4.42. The minimum Gasteiger partial charge on any atom is -0.393 e. The molecule has 0 saturated carbocycles. The third kappa shape index (κ3) is 3.40. The largest absolute Gasteiger partial charge is 0.393 e. The van der Waals surface area contributed by atoms with Crippen LogP contribution in [0.1, 0.15) is 15.9 Å².